The molecule has 0 atom stereocenters. The van der Waals surface area contributed by atoms with Crippen molar-refractivity contribution in [3.05, 3.63) is 35.4 Å². The van der Waals surface area contributed by atoms with Gasteiger partial charge in [-0.2, -0.15) is 0 Å². The summed E-state index contributed by atoms with van der Waals surface area (Å²) in [7, 11) is 0. The predicted molar refractivity (Wildman–Crippen MR) is 81.4 cm³/mol. The van der Waals surface area contributed by atoms with E-state index in [4.69, 9.17) is 0 Å². The van der Waals surface area contributed by atoms with Gasteiger partial charge < -0.3 is 5.32 Å². The van der Waals surface area contributed by atoms with E-state index < -0.39 is 0 Å². The summed E-state index contributed by atoms with van der Waals surface area (Å²) in [5.74, 6) is 0.730. The van der Waals surface area contributed by atoms with Crippen LogP contribution in [0.4, 0.5) is 0 Å². The predicted octanol–water partition coefficient (Wildman–Crippen LogP) is 4.05. The van der Waals surface area contributed by atoms with E-state index in [1.807, 2.05) is 0 Å². The Morgan fingerprint density at radius 3 is 2.16 bits per heavy atom. The van der Waals surface area contributed by atoms with Crippen LogP contribution in [0, 0.1) is 0 Å². The molecule has 2 heteroatoms. The number of carbonyl (C=O) groups excluding carboxylic acids is 1. The van der Waals surface area contributed by atoms with E-state index in [1.165, 1.54) is 11.1 Å². The minimum Gasteiger partial charge on any atom is -0.353 e. The van der Waals surface area contributed by atoms with Crippen LogP contribution in [0.15, 0.2) is 24.3 Å². The summed E-state index contributed by atoms with van der Waals surface area (Å²) in [6, 6.07) is 8.94. The molecule has 0 aliphatic heterocycles. The molecule has 0 saturated carbocycles. The molecule has 0 heterocycles. The second-order valence-electron chi connectivity index (χ2n) is 5.48. The van der Waals surface area contributed by atoms with Crippen LogP contribution in [0.2, 0.25) is 0 Å². The molecule has 0 spiro atoms. The normalized spacial score (nSPS) is 11.1. The van der Waals surface area contributed by atoms with Crippen LogP contribution >= 0.6 is 0 Å². The van der Waals surface area contributed by atoms with Gasteiger partial charge in [-0.3, -0.25) is 4.79 Å². The van der Waals surface area contributed by atoms with E-state index in [-0.39, 0.29) is 5.91 Å². The summed E-state index contributed by atoms with van der Waals surface area (Å²) >= 11 is 0. The molecule has 1 amide bonds. The SMILES string of the molecule is CCC(CC)NC(=O)CCc1ccc(C(C)C)cc1. The Hall–Kier alpha value is -1.31. The maximum Gasteiger partial charge on any atom is 0.220 e. The lowest BCUT2D eigenvalue weighted by Crippen LogP contribution is -2.33. The van der Waals surface area contributed by atoms with Crippen molar-refractivity contribution in [1.82, 2.24) is 5.32 Å². The van der Waals surface area contributed by atoms with Crippen LogP contribution in [0.3, 0.4) is 0 Å². The molecule has 0 bridgehead atoms. The van der Waals surface area contributed by atoms with E-state index >= 15 is 0 Å². The molecule has 1 aromatic carbocycles. The molecule has 1 N–H and O–H groups in total. The van der Waals surface area contributed by atoms with Crippen LogP contribution in [-0.2, 0) is 11.2 Å². The second kappa shape index (κ2) is 7.98. The largest absolute Gasteiger partial charge is 0.353 e. The smallest absolute Gasteiger partial charge is 0.220 e. The first-order valence-electron chi connectivity index (χ1n) is 7.45. The number of rotatable bonds is 7. The Balaban J connectivity index is 2.41. The minimum atomic E-state index is 0.168. The van der Waals surface area contributed by atoms with Crippen molar-refractivity contribution < 1.29 is 4.79 Å². The maximum absolute atomic E-state index is 11.8. The van der Waals surface area contributed by atoms with E-state index in [0.29, 0.717) is 18.4 Å². The molecule has 0 unspecified atom stereocenters. The molecule has 2 nitrogen and oxygen atoms in total. The first-order valence-corrected chi connectivity index (χ1v) is 7.45. The van der Waals surface area contributed by atoms with Gasteiger partial charge in [0.2, 0.25) is 5.91 Å². The van der Waals surface area contributed by atoms with Crippen LogP contribution in [0.5, 0.6) is 0 Å². The van der Waals surface area contributed by atoms with Gasteiger partial charge in [0.15, 0.2) is 0 Å². The zero-order valence-electron chi connectivity index (χ0n) is 12.7. The van der Waals surface area contributed by atoms with Crippen molar-refractivity contribution in [2.75, 3.05) is 0 Å². The van der Waals surface area contributed by atoms with Gasteiger partial charge in [-0.05, 0) is 36.3 Å². The fourth-order valence-electron chi connectivity index (χ4n) is 2.12. The third-order valence-corrected chi connectivity index (χ3v) is 3.64. The highest BCUT2D eigenvalue weighted by Gasteiger charge is 2.08. The molecule has 106 valence electrons. The topological polar surface area (TPSA) is 29.1 Å². The fourth-order valence-corrected chi connectivity index (χ4v) is 2.12. The van der Waals surface area contributed by atoms with Crippen molar-refractivity contribution in [2.24, 2.45) is 0 Å². The van der Waals surface area contributed by atoms with Crippen molar-refractivity contribution in [2.45, 2.75) is 65.3 Å². The summed E-state index contributed by atoms with van der Waals surface area (Å²) < 4.78 is 0. The number of benzene rings is 1. The molecule has 0 fully saturated rings. The number of hydrogen-bond donors (Lipinski definition) is 1. The summed E-state index contributed by atoms with van der Waals surface area (Å²) in [6.45, 7) is 8.61. The lowest BCUT2D eigenvalue weighted by atomic mass is 10.00. The molecule has 1 aromatic rings. The van der Waals surface area contributed by atoms with Crippen molar-refractivity contribution in [3.8, 4) is 0 Å². The highest BCUT2D eigenvalue weighted by atomic mass is 16.1. The molecular formula is C17H27NO. The minimum absolute atomic E-state index is 0.168. The first kappa shape index (κ1) is 15.7. The number of aryl methyl sites for hydroxylation is 1. The van der Waals surface area contributed by atoms with Crippen molar-refractivity contribution in [1.29, 1.82) is 0 Å². The average molecular weight is 261 g/mol. The first-order chi connectivity index (χ1) is 9.06. The third kappa shape index (κ3) is 5.46. The van der Waals surface area contributed by atoms with Crippen LogP contribution in [0.25, 0.3) is 0 Å². The van der Waals surface area contributed by atoms with Crippen LogP contribution < -0.4 is 5.32 Å². The number of amides is 1. The molecule has 1 rings (SSSR count). The molecule has 0 aromatic heterocycles. The summed E-state index contributed by atoms with van der Waals surface area (Å²) in [4.78, 5) is 11.8. The van der Waals surface area contributed by atoms with Gasteiger partial charge in [-0.15, -0.1) is 0 Å². The van der Waals surface area contributed by atoms with E-state index in [0.717, 1.165) is 19.3 Å². The van der Waals surface area contributed by atoms with Crippen LogP contribution in [-0.4, -0.2) is 11.9 Å². The molecule has 0 radical (unpaired) electrons. The zero-order valence-corrected chi connectivity index (χ0v) is 12.7. The molecule has 0 saturated heterocycles. The summed E-state index contributed by atoms with van der Waals surface area (Å²) in [6.07, 6.45) is 3.42. The average Bonchev–Trinajstić information content (AvgIpc) is 2.43. The number of nitrogens with one attached hydrogen (secondary N) is 1. The Morgan fingerprint density at radius 1 is 1.11 bits per heavy atom. The quantitative estimate of drug-likeness (QED) is 0.788. The Morgan fingerprint density at radius 2 is 1.68 bits per heavy atom. The lowest BCUT2D eigenvalue weighted by molar-refractivity contribution is -0.121. The monoisotopic (exact) mass is 261 g/mol. The fraction of sp³-hybridized carbons (Fsp3) is 0.588. The molecule has 0 aliphatic rings. The van der Waals surface area contributed by atoms with Crippen LogP contribution in [0.1, 0.15) is 64.0 Å². The van der Waals surface area contributed by atoms with Crippen molar-refractivity contribution in [3.63, 3.8) is 0 Å². The van der Waals surface area contributed by atoms with Gasteiger partial charge in [0, 0.05) is 12.5 Å². The Labute approximate surface area is 117 Å². The number of carbonyl (C=O) groups is 1. The summed E-state index contributed by atoms with van der Waals surface area (Å²) in [5.41, 5.74) is 2.59. The van der Waals surface area contributed by atoms with Gasteiger partial charge in [-0.25, -0.2) is 0 Å². The summed E-state index contributed by atoms with van der Waals surface area (Å²) in [5, 5.41) is 3.08. The Bertz CT molecular complexity index is 377. The molecular weight excluding hydrogens is 234 g/mol. The van der Waals surface area contributed by atoms with Gasteiger partial charge in [0.25, 0.3) is 0 Å². The third-order valence-electron chi connectivity index (χ3n) is 3.64. The standard InChI is InChI=1S/C17H27NO/c1-5-16(6-2)18-17(19)12-9-14-7-10-15(11-8-14)13(3)4/h7-8,10-11,13,16H,5-6,9,12H2,1-4H3,(H,18,19). The zero-order chi connectivity index (χ0) is 14.3. The highest BCUT2D eigenvalue weighted by Crippen LogP contribution is 2.15. The van der Waals surface area contributed by atoms with Gasteiger partial charge in [-0.1, -0.05) is 52.0 Å². The van der Waals surface area contributed by atoms with Gasteiger partial charge in [0.05, 0.1) is 0 Å². The lowest BCUT2D eigenvalue weighted by Gasteiger charge is -2.14. The van der Waals surface area contributed by atoms with Gasteiger partial charge >= 0.3 is 0 Å². The second-order valence-corrected chi connectivity index (χ2v) is 5.48. The molecule has 19 heavy (non-hydrogen) atoms. The van der Waals surface area contributed by atoms with Gasteiger partial charge in [0.1, 0.15) is 0 Å². The molecule has 0 aliphatic carbocycles. The number of hydrogen-bond acceptors (Lipinski definition) is 1. The Kier molecular flexibility index (Phi) is 6.61. The van der Waals surface area contributed by atoms with E-state index in [1.54, 1.807) is 0 Å². The van der Waals surface area contributed by atoms with E-state index in [2.05, 4.69) is 57.3 Å². The highest BCUT2D eigenvalue weighted by molar-refractivity contribution is 5.76. The van der Waals surface area contributed by atoms with E-state index in [9.17, 15) is 4.79 Å². The maximum atomic E-state index is 11.8. The van der Waals surface area contributed by atoms with Crippen molar-refractivity contribution >= 4 is 5.91 Å².